The highest BCUT2D eigenvalue weighted by Crippen LogP contribution is 2.12. The molecule has 1 unspecified atom stereocenters. The molecule has 0 saturated carbocycles. The molecule has 5 nitrogen and oxygen atoms in total. The molecule has 2 fully saturated rings. The molecule has 2 N–H and O–H groups in total. The van der Waals surface area contributed by atoms with Gasteiger partial charge in [0.15, 0.2) is 0 Å². The maximum Gasteiger partial charge on any atom is 0.223 e. The Morgan fingerprint density at radius 1 is 1.38 bits per heavy atom. The van der Waals surface area contributed by atoms with Crippen LogP contribution in [-0.2, 0) is 9.53 Å². The molecule has 0 radical (unpaired) electrons. The normalized spacial score (nSPS) is 24.6. The minimum atomic E-state index is 0. The topological polar surface area (TPSA) is 53.6 Å². The number of morpholine rings is 1. The van der Waals surface area contributed by atoms with Gasteiger partial charge >= 0.3 is 0 Å². The van der Waals surface area contributed by atoms with Gasteiger partial charge < -0.3 is 15.4 Å². The van der Waals surface area contributed by atoms with E-state index in [1.54, 1.807) is 0 Å². The summed E-state index contributed by atoms with van der Waals surface area (Å²) in [4.78, 5) is 14.5. The second kappa shape index (κ2) is 9.62. The van der Waals surface area contributed by atoms with Crippen molar-refractivity contribution in [3.05, 3.63) is 0 Å². The first kappa shape index (κ1) is 18.7. The van der Waals surface area contributed by atoms with Gasteiger partial charge in [-0.3, -0.25) is 9.69 Å². The number of carbonyl (C=O) groups is 1. The zero-order valence-corrected chi connectivity index (χ0v) is 14.1. The summed E-state index contributed by atoms with van der Waals surface area (Å²) in [5.74, 6) is 1.07. The van der Waals surface area contributed by atoms with Gasteiger partial charge in [0.05, 0.1) is 12.7 Å². The second-order valence-electron chi connectivity index (χ2n) is 6.42. The molecule has 6 heteroatoms. The third-order valence-corrected chi connectivity index (χ3v) is 4.06. The van der Waals surface area contributed by atoms with Crippen molar-refractivity contribution >= 4 is 18.3 Å². The molecule has 2 heterocycles. The molecule has 2 aliphatic rings. The van der Waals surface area contributed by atoms with Crippen LogP contribution >= 0.6 is 12.4 Å². The predicted molar refractivity (Wildman–Crippen MR) is 86.9 cm³/mol. The first-order chi connectivity index (χ1) is 9.65. The molecule has 1 amide bonds. The van der Waals surface area contributed by atoms with E-state index in [0.29, 0.717) is 12.5 Å². The summed E-state index contributed by atoms with van der Waals surface area (Å²) in [6, 6.07) is 0. The minimum Gasteiger partial charge on any atom is -0.374 e. The number of hydrogen-bond donors (Lipinski definition) is 2. The number of piperidine rings is 1. The van der Waals surface area contributed by atoms with Crippen LogP contribution < -0.4 is 10.6 Å². The maximum atomic E-state index is 12.1. The Balaban J connectivity index is 0.00000220. The number of halogens is 1. The van der Waals surface area contributed by atoms with E-state index in [1.807, 2.05) is 0 Å². The van der Waals surface area contributed by atoms with Crippen LogP contribution in [0.25, 0.3) is 0 Å². The van der Waals surface area contributed by atoms with E-state index in [-0.39, 0.29) is 30.3 Å². The number of nitrogens with zero attached hydrogens (tertiary/aromatic N) is 1. The lowest BCUT2D eigenvalue weighted by atomic mass is 9.97. The molecule has 0 aliphatic carbocycles. The highest BCUT2D eigenvalue weighted by Gasteiger charge is 2.24. The molecule has 0 bridgehead atoms. The Morgan fingerprint density at radius 2 is 2.10 bits per heavy atom. The summed E-state index contributed by atoms with van der Waals surface area (Å²) in [5.41, 5.74) is 0. The van der Waals surface area contributed by atoms with Crippen molar-refractivity contribution in [2.45, 2.75) is 32.8 Å². The fourth-order valence-corrected chi connectivity index (χ4v) is 3.03. The van der Waals surface area contributed by atoms with Crippen molar-refractivity contribution in [3.8, 4) is 0 Å². The molecule has 21 heavy (non-hydrogen) atoms. The van der Waals surface area contributed by atoms with E-state index in [1.165, 1.54) is 0 Å². The van der Waals surface area contributed by atoms with E-state index in [9.17, 15) is 4.79 Å². The molecule has 0 aromatic heterocycles. The third kappa shape index (κ3) is 6.51. The van der Waals surface area contributed by atoms with Crippen LogP contribution in [0.15, 0.2) is 0 Å². The highest BCUT2D eigenvalue weighted by atomic mass is 35.5. The Kier molecular flexibility index (Phi) is 8.56. The monoisotopic (exact) mass is 319 g/mol. The largest absolute Gasteiger partial charge is 0.374 e. The molecule has 2 rings (SSSR count). The standard InChI is InChI=1S/C15H29N3O2.ClH/c1-12(2)10-18-7-8-20-14(11-18)9-17-15(19)13-3-5-16-6-4-13;/h12-14,16H,3-11H2,1-2H3,(H,17,19);1H. The molecular weight excluding hydrogens is 290 g/mol. The first-order valence-corrected chi connectivity index (χ1v) is 7.97. The summed E-state index contributed by atoms with van der Waals surface area (Å²) in [7, 11) is 0. The van der Waals surface area contributed by atoms with Gasteiger partial charge in [0.2, 0.25) is 5.91 Å². The Labute approximate surface area is 134 Å². The van der Waals surface area contributed by atoms with Crippen LogP contribution in [0.4, 0.5) is 0 Å². The molecule has 2 saturated heterocycles. The molecule has 0 aromatic rings. The van der Waals surface area contributed by atoms with E-state index in [0.717, 1.165) is 52.2 Å². The number of rotatable bonds is 5. The number of amides is 1. The molecule has 0 aromatic carbocycles. The Bertz CT molecular complexity index is 309. The summed E-state index contributed by atoms with van der Waals surface area (Å²) in [6.45, 7) is 10.9. The lowest BCUT2D eigenvalue weighted by Crippen LogP contribution is -2.49. The minimum absolute atomic E-state index is 0. The summed E-state index contributed by atoms with van der Waals surface area (Å²) < 4.78 is 5.76. The summed E-state index contributed by atoms with van der Waals surface area (Å²) in [6.07, 6.45) is 2.06. The van der Waals surface area contributed by atoms with Crippen LogP contribution in [0.2, 0.25) is 0 Å². The van der Waals surface area contributed by atoms with Gasteiger partial charge in [0.25, 0.3) is 0 Å². The van der Waals surface area contributed by atoms with Crippen LogP contribution in [0.1, 0.15) is 26.7 Å². The van der Waals surface area contributed by atoms with E-state index >= 15 is 0 Å². The van der Waals surface area contributed by atoms with Gasteiger partial charge in [0, 0.05) is 32.1 Å². The van der Waals surface area contributed by atoms with Crippen LogP contribution in [-0.4, -0.2) is 62.8 Å². The number of hydrogen-bond acceptors (Lipinski definition) is 4. The Morgan fingerprint density at radius 3 is 2.76 bits per heavy atom. The van der Waals surface area contributed by atoms with Gasteiger partial charge in [-0.2, -0.15) is 0 Å². The summed E-state index contributed by atoms with van der Waals surface area (Å²) >= 11 is 0. The van der Waals surface area contributed by atoms with Crippen molar-refractivity contribution in [3.63, 3.8) is 0 Å². The smallest absolute Gasteiger partial charge is 0.223 e. The van der Waals surface area contributed by atoms with Gasteiger partial charge in [0.1, 0.15) is 0 Å². The van der Waals surface area contributed by atoms with Crippen molar-refractivity contribution < 1.29 is 9.53 Å². The second-order valence-corrected chi connectivity index (χ2v) is 6.42. The Hall–Kier alpha value is -0.360. The first-order valence-electron chi connectivity index (χ1n) is 7.97. The van der Waals surface area contributed by atoms with Gasteiger partial charge in [-0.25, -0.2) is 0 Å². The average molecular weight is 320 g/mol. The molecule has 2 aliphatic heterocycles. The van der Waals surface area contributed by atoms with Crippen LogP contribution in [0.5, 0.6) is 0 Å². The summed E-state index contributed by atoms with van der Waals surface area (Å²) in [5, 5.41) is 6.37. The van der Waals surface area contributed by atoms with E-state index in [4.69, 9.17) is 4.74 Å². The maximum absolute atomic E-state index is 12.1. The van der Waals surface area contributed by atoms with Crippen LogP contribution in [0.3, 0.4) is 0 Å². The van der Waals surface area contributed by atoms with E-state index < -0.39 is 0 Å². The zero-order valence-electron chi connectivity index (χ0n) is 13.3. The molecule has 1 atom stereocenters. The molecular formula is C15H30ClN3O2. The van der Waals surface area contributed by atoms with Gasteiger partial charge in [-0.05, 0) is 31.8 Å². The average Bonchev–Trinajstić information content (AvgIpc) is 2.45. The number of carbonyl (C=O) groups excluding carboxylic acids is 1. The van der Waals surface area contributed by atoms with Crippen LogP contribution in [0, 0.1) is 11.8 Å². The highest BCUT2D eigenvalue weighted by molar-refractivity contribution is 5.85. The fraction of sp³-hybridized carbons (Fsp3) is 0.933. The fourth-order valence-electron chi connectivity index (χ4n) is 3.03. The number of ether oxygens (including phenoxy) is 1. The number of nitrogens with one attached hydrogen (secondary N) is 2. The lowest BCUT2D eigenvalue weighted by molar-refractivity contribution is -0.127. The molecule has 0 spiro atoms. The SMILES string of the molecule is CC(C)CN1CCOC(CNC(=O)C2CCNCC2)C1.Cl. The lowest BCUT2D eigenvalue weighted by Gasteiger charge is -2.34. The molecule has 124 valence electrons. The van der Waals surface area contributed by atoms with Crippen molar-refractivity contribution in [2.75, 3.05) is 45.9 Å². The van der Waals surface area contributed by atoms with Crippen molar-refractivity contribution in [1.82, 2.24) is 15.5 Å². The van der Waals surface area contributed by atoms with Crippen molar-refractivity contribution in [1.29, 1.82) is 0 Å². The van der Waals surface area contributed by atoms with Gasteiger partial charge in [-0.1, -0.05) is 13.8 Å². The quantitative estimate of drug-likeness (QED) is 0.790. The zero-order chi connectivity index (χ0) is 14.4. The van der Waals surface area contributed by atoms with Crippen molar-refractivity contribution in [2.24, 2.45) is 11.8 Å². The van der Waals surface area contributed by atoms with Gasteiger partial charge in [-0.15, -0.1) is 12.4 Å². The third-order valence-electron chi connectivity index (χ3n) is 4.06. The predicted octanol–water partition coefficient (Wildman–Crippen LogP) is 0.881. The van der Waals surface area contributed by atoms with E-state index in [2.05, 4.69) is 29.4 Å².